The minimum atomic E-state index is -0.778. The van der Waals surface area contributed by atoms with Gasteiger partial charge in [-0.25, -0.2) is 9.59 Å². The van der Waals surface area contributed by atoms with E-state index >= 15 is 0 Å². The van der Waals surface area contributed by atoms with Crippen molar-refractivity contribution in [3.8, 4) is 0 Å². The van der Waals surface area contributed by atoms with Gasteiger partial charge in [0.1, 0.15) is 0 Å². The Bertz CT molecular complexity index is 569. The number of H-pyrrole nitrogens is 1. The minimum absolute atomic E-state index is 0.309. The van der Waals surface area contributed by atoms with Gasteiger partial charge in [0.15, 0.2) is 0 Å². The van der Waals surface area contributed by atoms with E-state index in [9.17, 15) is 9.59 Å². The molecule has 5 heteroatoms. The van der Waals surface area contributed by atoms with Crippen molar-refractivity contribution in [2.45, 2.75) is 0 Å². The molecule has 2 aromatic rings. The topological polar surface area (TPSA) is 63.1 Å². The van der Waals surface area contributed by atoms with Crippen LogP contribution < -0.4 is 11.4 Å². The molecule has 1 aromatic carbocycles. The molecular formula is C8H4ClNO3. The highest BCUT2D eigenvalue weighted by Crippen LogP contribution is 2.12. The van der Waals surface area contributed by atoms with Crippen molar-refractivity contribution in [2.75, 3.05) is 0 Å². The maximum absolute atomic E-state index is 11.1. The highest BCUT2D eigenvalue weighted by molar-refractivity contribution is 6.31. The van der Waals surface area contributed by atoms with Gasteiger partial charge < -0.3 is 4.42 Å². The van der Waals surface area contributed by atoms with Gasteiger partial charge in [-0.1, -0.05) is 11.6 Å². The Morgan fingerprint density at radius 2 is 2.08 bits per heavy atom. The van der Waals surface area contributed by atoms with Crippen LogP contribution in [0.1, 0.15) is 0 Å². The van der Waals surface area contributed by atoms with Crippen molar-refractivity contribution in [1.29, 1.82) is 0 Å². The van der Waals surface area contributed by atoms with E-state index in [-0.39, 0.29) is 0 Å². The lowest BCUT2D eigenvalue weighted by atomic mass is 10.2. The monoisotopic (exact) mass is 197 g/mol. The Morgan fingerprint density at radius 3 is 2.85 bits per heavy atom. The summed E-state index contributed by atoms with van der Waals surface area (Å²) in [6.45, 7) is 0. The fourth-order valence-electron chi connectivity index (χ4n) is 1.07. The normalized spacial score (nSPS) is 10.5. The van der Waals surface area contributed by atoms with Gasteiger partial charge in [0, 0.05) is 5.02 Å². The van der Waals surface area contributed by atoms with Crippen LogP contribution in [-0.2, 0) is 0 Å². The number of aromatic amines is 1. The van der Waals surface area contributed by atoms with E-state index < -0.39 is 11.4 Å². The molecule has 1 heterocycles. The molecule has 13 heavy (non-hydrogen) atoms. The molecule has 0 fully saturated rings. The largest absolute Gasteiger partial charge is 0.419 e. The van der Waals surface area contributed by atoms with Crippen molar-refractivity contribution >= 4 is 22.5 Å². The van der Waals surface area contributed by atoms with Gasteiger partial charge in [-0.2, -0.15) is 0 Å². The molecule has 0 bridgehead atoms. The van der Waals surface area contributed by atoms with Crippen LogP contribution in [0.3, 0.4) is 0 Å². The average Bonchev–Trinajstić information content (AvgIpc) is 2.02. The van der Waals surface area contributed by atoms with Crippen LogP contribution in [0.25, 0.3) is 10.9 Å². The Hall–Kier alpha value is -1.55. The van der Waals surface area contributed by atoms with Crippen LogP contribution in [0.5, 0.6) is 0 Å². The molecule has 0 amide bonds. The van der Waals surface area contributed by atoms with Crippen molar-refractivity contribution < 1.29 is 4.42 Å². The molecule has 0 atom stereocenters. The number of rotatable bonds is 0. The van der Waals surface area contributed by atoms with Gasteiger partial charge in [-0.15, -0.1) is 0 Å². The smallest absolute Gasteiger partial charge is 0.372 e. The third kappa shape index (κ3) is 1.36. The summed E-state index contributed by atoms with van der Waals surface area (Å²) in [6, 6.07) is 4.55. The van der Waals surface area contributed by atoms with Gasteiger partial charge in [-0.3, -0.25) is 4.98 Å². The van der Waals surface area contributed by atoms with Crippen LogP contribution in [0.4, 0.5) is 0 Å². The number of aromatic nitrogens is 1. The summed E-state index contributed by atoms with van der Waals surface area (Å²) < 4.78 is 4.32. The lowest BCUT2D eigenvalue weighted by molar-refractivity contribution is 0.460. The molecule has 0 aliphatic carbocycles. The molecular weight excluding hydrogens is 194 g/mol. The second-order valence-corrected chi connectivity index (χ2v) is 2.93. The maximum atomic E-state index is 11.1. The van der Waals surface area contributed by atoms with E-state index in [0.717, 1.165) is 0 Å². The number of nitrogens with one attached hydrogen (secondary N) is 1. The number of hydrogen-bond acceptors (Lipinski definition) is 3. The highest BCUT2D eigenvalue weighted by atomic mass is 35.5. The first-order valence-corrected chi connectivity index (χ1v) is 3.87. The maximum Gasteiger partial charge on any atom is 0.419 e. The lowest BCUT2D eigenvalue weighted by Gasteiger charge is -1.94. The quantitative estimate of drug-likeness (QED) is 0.689. The van der Waals surface area contributed by atoms with E-state index in [1.807, 2.05) is 0 Å². The second-order valence-electron chi connectivity index (χ2n) is 2.49. The SMILES string of the molecule is O=c1[nH]c2cc(Cl)ccc2c(=O)o1. The molecule has 1 aromatic heterocycles. The summed E-state index contributed by atoms with van der Waals surface area (Å²) in [5, 5.41) is 0.762. The first kappa shape index (κ1) is 8.07. The molecule has 4 nitrogen and oxygen atoms in total. The summed E-state index contributed by atoms with van der Waals surface area (Å²) in [5.74, 6) is -0.778. The van der Waals surface area contributed by atoms with Crippen molar-refractivity contribution in [3.05, 3.63) is 44.2 Å². The third-order valence-electron chi connectivity index (χ3n) is 1.62. The Morgan fingerprint density at radius 1 is 1.31 bits per heavy atom. The molecule has 0 saturated carbocycles. The molecule has 1 N–H and O–H groups in total. The van der Waals surface area contributed by atoms with Gasteiger partial charge in [-0.05, 0) is 18.2 Å². The number of fused-ring (bicyclic) bond motifs is 1. The molecule has 66 valence electrons. The van der Waals surface area contributed by atoms with Crippen molar-refractivity contribution in [2.24, 2.45) is 0 Å². The first-order valence-electron chi connectivity index (χ1n) is 3.49. The number of benzene rings is 1. The van der Waals surface area contributed by atoms with E-state index in [1.54, 1.807) is 6.07 Å². The van der Waals surface area contributed by atoms with Crippen LogP contribution in [0.15, 0.2) is 32.2 Å². The fourth-order valence-corrected chi connectivity index (χ4v) is 1.24. The highest BCUT2D eigenvalue weighted by Gasteiger charge is 2.01. The van der Waals surface area contributed by atoms with Crippen LogP contribution in [0.2, 0.25) is 5.02 Å². The van der Waals surface area contributed by atoms with E-state index in [0.29, 0.717) is 15.9 Å². The fraction of sp³-hybridized carbons (Fsp3) is 0. The number of hydrogen-bond donors (Lipinski definition) is 1. The molecule has 0 aliphatic rings. The molecule has 0 aliphatic heterocycles. The van der Waals surface area contributed by atoms with Crippen LogP contribution in [-0.4, -0.2) is 4.98 Å². The summed E-state index contributed by atoms with van der Waals surface area (Å²) in [7, 11) is 0. The standard InChI is InChI=1S/C8H4ClNO3/c9-4-1-2-5-6(3-4)10-8(12)13-7(5)11/h1-3H,(H,10,12). The first-order chi connectivity index (χ1) is 6.16. The molecule has 0 unspecified atom stereocenters. The zero-order valence-electron chi connectivity index (χ0n) is 6.33. The van der Waals surface area contributed by atoms with E-state index in [4.69, 9.17) is 11.6 Å². The summed E-state index contributed by atoms with van der Waals surface area (Å²) in [4.78, 5) is 24.2. The van der Waals surface area contributed by atoms with Gasteiger partial charge >= 0.3 is 11.4 Å². The summed E-state index contributed by atoms with van der Waals surface area (Å²) in [5.41, 5.74) is -0.274. The molecule has 0 spiro atoms. The third-order valence-corrected chi connectivity index (χ3v) is 1.86. The lowest BCUT2D eigenvalue weighted by Crippen LogP contribution is -2.14. The van der Waals surface area contributed by atoms with Gasteiger partial charge in [0.05, 0.1) is 10.9 Å². The predicted molar refractivity (Wildman–Crippen MR) is 48.1 cm³/mol. The molecule has 0 saturated heterocycles. The number of halogens is 1. The summed E-state index contributed by atoms with van der Waals surface area (Å²) in [6.07, 6.45) is 0. The Balaban J connectivity index is 3.03. The molecule has 2 rings (SSSR count). The van der Waals surface area contributed by atoms with E-state index in [2.05, 4.69) is 9.40 Å². The second kappa shape index (κ2) is 2.74. The zero-order valence-corrected chi connectivity index (χ0v) is 7.09. The Kier molecular flexibility index (Phi) is 1.70. The minimum Gasteiger partial charge on any atom is -0.372 e. The van der Waals surface area contributed by atoms with Crippen LogP contribution >= 0.6 is 11.6 Å². The van der Waals surface area contributed by atoms with Crippen molar-refractivity contribution in [1.82, 2.24) is 4.98 Å². The van der Waals surface area contributed by atoms with Gasteiger partial charge in [0.2, 0.25) is 0 Å². The van der Waals surface area contributed by atoms with Crippen molar-refractivity contribution in [3.63, 3.8) is 0 Å². The van der Waals surface area contributed by atoms with E-state index in [1.165, 1.54) is 12.1 Å². The average molecular weight is 198 g/mol. The predicted octanol–water partition coefficient (Wildman–Crippen LogP) is 1.13. The van der Waals surface area contributed by atoms with Gasteiger partial charge in [0.25, 0.3) is 0 Å². The zero-order chi connectivity index (χ0) is 9.42. The van der Waals surface area contributed by atoms with Crippen LogP contribution in [0, 0.1) is 0 Å². The Labute approximate surface area is 76.8 Å². The molecule has 0 radical (unpaired) electrons. The summed E-state index contributed by atoms with van der Waals surface area (Å²) >= 11 is 5.67.